The molecule has 0 aliphatic heterocycles. The average Bonchev–Trinajstić information content (AvgIpc) is 2.77. The quantitative estimate of drug-likeness (QED) is 0.813. The molecule has 2 heterocycles. The molecule has 5 nitrogen and oxygen atoms in total. The molecule has 0 aliphatic rings. The van der Waals surface area contributed by atoms with E-state index in [0.717, 1.165) is 5.76 Å². The van der Waals surface area contributed by atoms with Crippen LogP contribution in [0.25, 0.3) is 0 Å². The minimum absolute atomic E-state index is 0.0408. The number of nitrogens with zero attached hydrogens (tertiary/aromatic N) is 2. The molecule has 2 aromatic heterocycles. The molecule has 0 amide bonds. The predicted molar refractivity (Wildman–Crippen MR) is 53.2 cm³/mol. The first-order valence-electron chi connectivity index (χ1n) is 4.83. The Morgan fingerprint density at radius 3 is 3.07 bits per heavy atom. The molecule has 0 saturated heterocycles. The van der Waals surface area contributed by atoms with Crippen LogP contribution >= 0.6 is 0 Å². The second-order valence-corrected chi connectivity index (χ2v) is 3.54. The van der Waals surface area contributed by atoms with Crippen molar-refractivity contribution in [2.45, 2.75) is 25.8 Å². The molecule has 2 N–H and O–H groups in total. The fraction of sp³-hybridized carbons (Fsp3) is 0.400. The predicted octanol–water partition coefficient (Wildman–Crippen LogP) is 1.14. The number of nitrogens with two attached hydrogens (primary N) is 1. The first-order chi connectivity index (χ1) is 7.24. The van der Waals surface area contributed by atoms with Crippen LogP contribution in [0.5, 0.6) is 0 Å². The van der Waals surface area contributed by atoms with Crippen molar-refractivity contribution in [1.29, 1.82) is 0 Å². The fourth-order valence-corrected chi connectivity index (χ4v) is 1.30. The van der Waals surface area contributed by atoms with Gasteiger partial charge in [-0.3, -0.25) is 0 Å². The van der Waals surface area contributed by atoms with Gasteiger partial charge in [-0.1, -0.05) is 5.16 Å². The lowest BCUT2D eigenvalue weighted by molar-refractivity contribution is 0.369. The van der Waals surface area contributed by atoms with E-state index in [0.29, 0.717) is 24.6 Å². The van der Waals surface area contributed by atoms with Crippen molar-refractivity contribution in [2.24, 2.45) is 5.73 Å². The van der Waals surface area contributed by atoms with Crippen LogP contribution in [-0.4, -0.2) is 16.2 Å². The van der Waals surface area contributed by atoms with Crippen LogP contribution in [0, 0.1) is 0 Å². The molecule has 15 heavy (non-hydrogen) atoms. The van der Waals surface area contributed by atoms with Crippen molar-refractivity contribution >= 4 is 0 Å². The third kappa shape index (κ3) is 2.66. The highest BCUT2D eigenvalue weighted by Gasteiger charge is 2.09. The van der Waals surface area contributed by atoms with Crippen LogP contribution in [0.2, 0.25) is 0 Å². The minimum Gasteiger partial charge on any atom is -0.469 e. The standard InChI is InChI=1S/C10H13N3O2/c1-7(11)5-9-12-10(15-13-9)6-8-3-2-4-14-8/h2-4,7H,5-6,11H2,1H3. The highest BCUT2D eigenvalue weighted by molar-refractivity contribution is 5.04. The summed E-state index contributed by atoms with van der Waals surface area (Å²) < 4.78 is 10.2. The fourth-order valence-electron chi connectivity index (χ4n) is 1.30. The number of furan rings is 1. The van der Waals surface area contributed by atoms with Gasteiger partial charge in [0, 0.05) is 12.5 Å². The lowest BCUT2D eigenvalue weighted by Crippen LogP contribution is -2.18. The molecule has 0 aliphatic carbocycles. The maximum absolute atomic E-state index is 5.63. The van der Waals surface area contributed by atoms with Gasteiger partial charge in [-0.2, -0.15) is 4.98 Å². The molecule has 5 heteroatoms. The maximum atomic E-state index is 5.63. The molecule has 0 aromatic carbocycles. The lowest BCUT2D eigenvalue weighted by Gasteiger charge is -1.96. The molecule has 1 unspecified atom stereocenters. The van der Waals surface area contributed by atoms with E-state index < -0.39 is 0 Å². The second-order valence-electron chi connectivity index (χ2n) is 3.54. The van der Waals surface area contributed by atoms with Crippen molar-refractivity contribution in [1.82, 2.24) is 10.1 Å². The van der Waals surface area contributed by atoms with Crippen molar-refractivity contribution in [3.63, 3.8) is 0 Å². The third-order valence-corrected chi connectivity index (χ3v) is 1.92. The summed E-state index contributed by atoms with van der Waals surface area (Å²) in [6.07, 6.45) is 2.77. The van der Waals surface area contributed by atoms with Gasteiger partial charge in [0.25, 0.3) is 0 Å². The van der Waals surface area contributed by atoms with Gasteiger partial charge in [-0.15, -0.1) is 0 Å². The summed E-state index contributed by atoms with van der Waals surface area (Å²) in [4.78, 5) is 4.21. The van der Waals surface area contributed by atoms with Crippen molar-refractivity contribution in [3.05, 3.63) is 35.9 Å². The molecular formula is C10H13N3O2. The monoisotopic (exact) mass is 207 g/mol. The van der Waals surface area contributed by atoms with Crippen LogP contribution in [0.3, 0.4) is 0 Å². The third-order valence-electron chi connectivity index (χ3n) is 1.92. The van der Waals surface area contributed by atoms with Gasteiger partial charge >= 0.3 is 0 Å². The molecule has 0 fully saturated rings. The number of rotatable bonds is 4. The van der Waals surface area contributed by atoms with Crippen molar-refractivity contribution in [3.8, 4) is 0 Å². The SMILES string of the molecule is CC(N)Cc1noc(Cc2ccco2)n1. The van der Waals surface area contributed by atoms with Gasteiger partial charge < -0.3 is 14.7 Å². The summed E-state index contributed by atoms with van der Waals surface area (Å²) in [5.74, 6) is 2.01. The Bertz CT molecular complexity index is 406. The molecule has 2 aromatic rings. The van der Waals surface area contributed by atoms with Crippen LogP contribution in [-0.2, 0) is 12.8 Å². The Morgan fingerprint density at radius 1 is 1.53 bits per heavy atom. The van der Waals surface area contributed by atoms with E-state index in [2.05, 4.69) is 10.1 Å². The largest absolute Gasteiger partial charge is 0.469 e. The molecule has 0 saturated carbocycles. The van der Waals surface area contributed by atoms with Gasteiger partial charge in [0.2, 0.25) is 5.89 Å². The van der Waals surface area contributed by atoms with E-state index in [9.17, 15) is 0 Å². The summed E-state index contributed by atoms with van der Waals surface area (Å²) in [7, 11) is 0. The summed E-state index contributed by atoms with van der Waals surface area (Å²) in [5.41, 5.74) is 5.63. The van der Waals surface area contributed by atoms with Gasteiger partial charge in [0.1, 0.15) is 5.76 Å². The highest BCUT2D eigenvalue weighted by atomic mass is 16.5. The van der Waals surface area contributed by atoms with Gasteiger partial charge in [0.15, 0.2) is 5.82 Å². The Balaban J connectivity index is 2.01. The topological polar surface area (TPSA) is 78.1 Å². The molecule has 0 bridgehead atoms. The first-order valence-corrected chi connectivity index (χ1v) is 4.83. The zero-order valence-corrected chi connectivity index (χ0v) is 8.51. The van der Waals surface area contributed by atoms with Crippen LogP contribution in [0.15, 0.2) is 27.3 Å². The Labute approximate surface area is 87.3 Å². The summed E-state index contributed by atoms with van der Waals surface area (Å²) in [6, 6.07) is 3.74. The van der Waals surface area contributed by atoms with Gasteiger partial charge in [-0.05, 0) is 19.1 Å². The summed E-state index contributed by atoms with van der Waals surface area (Å²) >= 11 is 0. The molecular weight excluding hydrogens is 194 g/mol. The van der Waals surface area contributed by atoms with Crippen molar-refractivity contribution in [2.75, 3.05) is 0 Å². The van der Waals surface area contributed by atoms with E-state index in [1.54, 1.807) is 6.26 Å². The van der Waals surface area contributed by atoms with Crippen LogP contribution in [0.4, 0.5) is 0 Å². The average molecular weight is 207 g/mol. The van der Waals surface area contributed by atoms with E-state index in [1.807, 2.05) is 19.1 Å². The van der Waals surface area contributed by atoms with E-state index in [1.165, 1.54) is 0 Å². The molecule has 80 valence electrons. The summed E-state index contributed by atoms with van der Waals surface area (Å²) in [5, 5.41) is 3.83. The lowest BCUT2D eigenvalue weighted by atomic mass is 10.2. The number of aromatic nitrogens is 2. The molecule has 2 rings (SSSR count). The van der Waals surface area contributed by atoms with Gasteiger partial charge in [0.05, 0.1) is 12.7 Å². The molecule has 0 spiro atoms. The normalized spacial score (nSPS) is 12.9. The summed E-state index contributed by atoms with van der Waals surface area (Å²) in [6.45, 7) is 1.91. The Morgan fingerprint density at radius 2 is 2.40 bits per heavy atom. The number of hydrogen-bond acceptors (Lipinski definition) is 5. The minimum atomic E-state index is 0.0408. The van der Waals surface area contributed by atoms with Crippen molar-refractivity contribution < 1.29 is 8.94 Å². The van der Waals surface area contributed by atoms with Gasteiger partial charge in [-0.25, -0.2) is 0 Å². The highest BCUT2D eigenvalue weighted by Crippen LogP contribution is 2.08. The van der Waals surface area contributed by atoms with Crippen LogP contribution < -0.4 is 5.73 Å². The van der Waals surface area contributed by atoms with Crippen LogP contribution in [0.1, 0.15) is 24.4 Å². The van der Waals surface area contributed by atoms with E-state index in [4.69, 9.17) is 14.7 Å². The first kappa shape index (κ1) is 9.92. The number of hydrogen-bond donors (Lipinski definition) is 1. The second kappa shape index (κ2) is 4.27. The molecule has 0 radical (unpaired) electrons. The zero-order chi connectivity index (χ0) is 10.7. The Hall–Kier alpha value is -1.62. The zero-order valence-electron chi connectivity index (χ0n) is 8.51. The van der Waals surface area contributed by atoms with E-state index >= 15 is 0 Å². The Kier molecular flexibility index (Phi) is 2.82. The maximum Gasteiger partial charge on any atom is 0.234 e. The van der Waals surface area contributed by atoms with E-state index in [-0.39, 0.29) is 6.04 Å². The smallest absolute Gasteiger partial charge is 0.234 e. The molecule has 1 atom stereocenters.